The van der Waals surface area contributed by atoms with Gasteiger partial charge in [-0.1, -0.05) is 6.92 Å². The van der Waals surface area contributed by atoms with Gasteiger partial charge in [0.25, 0.3) is 5.88 Å². The van der Waals surface area contributed by atoms with E-state index in [4.69, 9.17) is 14.2 Å². The normalized spacial score (nSPS) is 10.9. The van der Waals surface area contributed by atoms with Crippen molar-refractivity contribution in [2.24, 2.45) is 0 Å². The smallest absolute Gasteiger partial charge is 0.410 e. The minimum absolute atomic E-state index is 0.0666. The maximum atomic E-state index is 12.1. The zero-order chi connectivity index (χ0) is 19.0. The molecule has 1 heterocycles. The van der Waals surface area contributed by atoms with Gasteiger partial charge in [0.15, 0.2) is 0 Å². The standard InChI is InChI=1S/C15H24N4O6/c1-6-7-18(14(20)25-15(2,3)4)8-9-24-13-16-10-11(19(21)22)12(17-13)23-5/h10H,6-9H2,1-5H3. The predicted molar refractivity (Wildman–Crippen MR) is 88.8 cm³/mol. The SMILES string of the molecule is CCCN(CCOc1ncc([N+](=O)[O-])c(OC)n1)C(=O)OC(C)(C)C. The van der Waals surface area contributed by atoms with Crippen molar-refractivity contribution in [1.29, 1.82) is 0 Å². The first-order valence-corrected chi connectivity index (χ1v) is 7.84. The molecule has 0 bridgehead atoms. The lowest BCUT2D eigenvalue weighted by atomic mass is 10.2. The summed E-state index contributed by atoms with van der Waals surface area (Å²) in [6, 6.07) is -0.0666. The van der Waals surface area contributed by atoms with Crippen LogP contribution in [0.2, 0.25) is 0 Å². The molecule has 0 unspecified atom stereocenters. The van der Waals surface area contributed by atoms with Crippen molar-refractivity contribution in [2.45, 2.75) is 39.7 Å². The van der Waals surface area contributed by atoms with Gasteiger partial charge in [0.2, 0.25) is 0 Å². The lowest BCUT2D eigenvalue weighted by molar-refractivity contribution is -0.386. The second-order valence-electron chi connectivity index (χ2n) is 6.12. The fourth-order valence-electron chi connectivity index (χ4n) is 1.83. The highest BCUT2D eigenvalue weighted by Crippen LogP contribution is 2.24. The van der Waals surface area contributed by atoms with E-state index in [1.165, 1.54) is 12.0 Å². The topological polar surface area (TPSA) is 117 Å². The number of methoxy groups -OCH3 is 1. The van der Waals surface area contributed by atoms with Crippen LogP contribution < -0.4 is 9.47 Å². The van der Waals surface area contributed by atoms with Gasteiger partial charge in [-0.3, -0.25) is 10.1 Å². The average Bonchev–Trinajstić information content (AvgIpc) is 2.51. The Kier molecular flexibility index (Phi) is 7.34. The Morgan fingerprint density at radius 2 is 2.04 bits per heavy atom. The first-order valence-electron chi connectivity index (χ1n) is 7.84. The van der Waals surface area contributed by atoms with Crippen LogP contribution in [0.4, 0.5) is 10.5 Å². The molecule has 10 heteroatoms. The van der Waals surface area contributed by atoms with E-state index in [0.29, 0.717) is 6.54 Å². The fourth-order valence-corrected chi connectivity index (χ4v) is 1.83. The van der Waals surface area contributed by atoms with Gasteiger partial charge in [-0.15, -0.1) is 0 Å². The van der Waals surface area contributed by atoms with Crippen LogP contribution in [0.1, 0.15) is 34.1 Å². The highest BCUT2D eigenvalue weighted by molar-refractivity contribution is 5.68. The van der Waals surface area contributed by atoms with Crippen LogP contribution in [-0.4, -0.2) is 58.3 Å². The van der Waals surface area contributed by atoms with Gasteiger partial charge >= 0.3 is 17.8 Å². The van der Waals surface area contributed by atoms with Gasteiger partial charge in [0.05, 0.1) is 18.6 Å². The van der Waals surface area contributed by atoms with Crippen LogP contribution >= 0.6 is 0 Å². The number of rotatable bonds is 8. The maximum Gasteiger partial charge on any atom is 0.410 e. The summed E-state index contributed by atoms with van der Waals surface area (Å²) >= 11 is 0. The second kappa shape index (κ2) is 9.00. The van der Waals surface area contributed by atoms with Gasteiger partial charge in [-0.25, -0.2) is 4.79 Å². The van der Waals surface area contributed by atoms with E-state index in [-0.39, 0.29) is 30.7 Å². The van der Waals surface area contributed by atoms with Crippen molar-refractivity contribution < 1.29 is 23.9 Å². The molecule has 0 aliphatic carbocycles. The first kappa shape index (κ1) is 20.4. The molecule has 25 heavy (non-hydrogen) atoms. The van der Waals surface area contributed by atoms with Crippen molar-refractivity contribution in [2.75, 3.05) is 26.8 Å². The highest BCUT2D eigenvalue weighted by Gasteiger charge is 2.22. The summed E-state index contributed by atoms with van der Waals surface area (Å²) in [6.45, 7) is 8.23. The van der Waals surface area contributed by atoms with Gasteiger partial charge < -0.3 is 19.1 Å². The summed E-state index contributed by atoms with van der Waals surface area (Å²) in [7, 11) is 1.27. The summed E-state index contributed by atoms with van der Waals surface area (Å²) in [6.07, 6.45) is 1.35. The minimum atomic E-state index is -0.645. The molecule has 0 radical (unpaired) electrons. The molecule has 0 aliphatic rings. The molecule has 10 nitrogen and oxygen atoms in total. The van der Waals surface area contributed by atoms with Crippen LogP contribution in [0.25, 0.3) is 0 Å². The number of ether oxygens (including phenoxy) is 3. The average molecular weight is 356 g/mol. The zero-order valence-electron chi connectivity index (χ0n) is 15.1. The molecule has 1 rings (SSSR count). The van der Waals surface area contributed by atoms with Gasteiger partial charge in [0, 0.05) is 6.54 Å². The fraction of sp³-hybridized carbons (Fsp3) is 0.667. The molecular formula is C15H24N4O6. The van der Waals surface area contributed by atoms with Crippen molar-refractivity contribution in [1.82, 2.24) is 14.9 Å². The molecule has 0 saturated carbocycles. The predicted octanol–water partition coefficient (Wildman–Crippen LogP) is 2.42. The van der Waals surface area contributed by atoms with E-state index >= 15 is 0 Å². The largest absolute Gasteiger partial charge is 0.476 e. The van der Waals surface area contributed by atoms with Crippen LogP contribution in [0.15, 0.2) is 6.20 Å². The summed E-state index contributed by atoms with van der Waals surface area (Å²) < 4.78 is 15.6. The Morgan fingerprint density at radius 1 is 1.36 bits per heavy atom. The lowest BCUT2D eigenvalue weighted by Crippen LogP contribution is -2.39. The maximum absolute atomic E-state index is 12.1. The third-order valence-corrected chi connectivity index (χ3v) is 2.84. The monoisotopic (exact) mass is 356 g/mol. The summed E-state index contributed by atoms with van der Waals surface area (Å²) in [4.78, 5) is 31.4. The lowest BCUT2D eigenvalue weighted by Gasteiger charge is -2.27. The number of nitrogens with zero attached hydrogens (tertiary/aromatic N) is 4. The number of nitro groups is 1. The molecule has 0 atom stereocenters. The van der Waals surface area contributed by atoms with E-state index in [2.05, 4.69) is 9.97 Å². The van der Waals surface area contributed by atoms with Crippen molar-refractivity contribution >= 4 is 11.8 Å². The third-order valence-electron chi connectivity index (χ3n) is 2.84. The van der Waals surface area contributed by atoms with Gasteiger partial charge in [-0.2, -0.15) is 9.97 Å². The van der Waals surface area contributed by atoms with E-state index in [0.717, 1.165) is 12.6 Å². The van der Waals surface area contributed by atoms with Crippen LogP contribution in [0.5, 0.6) is 11.9 Å². The number of amides is 1. The molecule has 1 aromatic heterocycles. The Hall–Kier alpha value is -2.65. The summed E-state index contributed by atoms with van der Waals surface area (Å²) in [5.41, 5.74) is -0.935. The number of carbonyl (C=O) groups excluding carboxylic acids is 1. The zero-order valence-corrected chi connectivity index (χ0v) is 15.1. The molecule has 1 aromatic rings. The van der Waals surface area contributed by atoms with Crippen LogP contribution in [0.3, 0.4) is 0 Å². The van der Waals surface area contributed by atoms with E-state index in [1.807, 2.05) is 6.92 Å². The molecule has 0 saturated heterocycles. The number of hydrogen-bond acceptors (Lipinski definition) is 8. The number of hydrogen-bond donors (Lipinski definition) is 0. The Labute approximate surface area is 146 Å². The third kappa shape index (κ3) is 6.77. The number of carbonyl (C=O) groups is 1. The van der Waals surface area contributed by atoms with Gasteiger partial charge in [-0.05, 0) is 27.2 Å². The van der Waals surface area contributed by atoms with Crippen molar-refractivity contribution in [3.8, 4) is 11.9 Å². The Bertz CT molecular complexity index is 602. The molecule has 0 aromatic carbocycles. The van der Waals surface area contributed by atoms with E-state index in [9.17, 15) is 14.9 Å². The second-order valence-corrected chi connectivity index (χ2v) is 6.12. The number of aromatic nitrogens is 2. The Morgan fingerprint density at radius 3 is 2.56 bits per heavy atom. The van der Waals surface area contributed by atoms with Crippen molar-refractivity contribution in [3.63, 3.8) is 0 Å². The molecular weight excluding hydrogens is 332 g/mol. The molecule has 1 amide bonds. The van der Waals surface area contributed by atoms with E-state index in [1.54, 1.807) is 20.8 Å². The first-order chi connectivity index (χ1) is 11.7. The highest BCUT2D eigenvalue weighted by atomic mass is 16.6. The molecule has 0 N–H and O–H groups in total. The van der Waals surface area contributed by atoms with E-state index < -0.39 is 16.6 Å². The summed E-state index contributed by atoms with van der Waals surface area (Å²) in [5, 5.41) is 10.8. The van der Waals surface area contributed by atoms with Crippen LogP contribution in [0, 0.1) is 10.1 Å². The molecule has 0 fully saturated rings. The summed E-state index contributed by atoms with van der Waals surface area (Å²) in [5.74, 6) is -0.187. The quantitative estimate of drug-likeness (QED) is 0.515. The van der Waals surface area contributed by atoms with Gasteiger partial charge in [0.1, 0.15) is 18.4 Å². The Balaban J connectivity index is 2.66. The molecule has 140 valence electrons. The molecule has 0 spiro atoms. The van der Waals surface area contributed by atoms with Crippen LogP contribution in [-0.2, 0) is 4.74 Å². The molecule has 0 aliphatic heterocycles. The van der Waals surface area contributed by atoms with Crippen molar-refractivity contribution in [3.05, 3.63) is 16.3 Å². The minimum Gasteiger partial charge on any atom is -0.476 e.